The van der Waals surface area contributed by atoms with E-state index in [1.807, 2.05) is 0 Å². The van der Waals surface area contributed by atoms with Gasteiger partial charge in [-0.3, -0.25) is 0 Å². The molecular formula is CH4MoNiTi. The monoisotopic (exact) mass is 220 g/mol. The van der Waals surface area contributed by atoms with Gasteiger partial charge in [0.2, 0.25) is 0 Å². The quantitative estimate of drug-likeness (QED) is 0.523. The van der Waals surface area contributed by atoms with Crippen LogP contribution in [-0.2, 0) is 59.3 Å². The minimum Gasteiger partial charge on any atom is -0.0776 e. The number of hydrogen-bond acceptors (Lipinski definition) is 0. The third-order valence-electron chi connectivity index (χ3n) is 0. The number of hydrogen-bond donors (Lipinski definition) is 0. The van der Waals surface area contributed by atoms with Crippen molar-refractivity contribution >= 4 is 0 Å². The molecule has 0 rings (SSSR count). The van der Waals surface area contributed by atoms with Gasteiger partial charge in [0.1, 0.15) is 0 Å². The summed E-state index contributed by atoms with van der Waals surface area (Å²) in [5, 5.41) is 0. The molecular weight excluding hydrogens is 215 g/mol. The molecule has 0 aromatic heterocycles. The summed E-state index contributed by atoms with van der Waals surface area (Å²) in [4.78, 5) is 0. The van der Waals surface area contributed by atoms with E-state index in [4.69, 9.17) is 0 Å². The van der Waals surface area contributed by atoms with Crippen LogP contribution < -0.4 is 0 Å². The van der Waals surface area contributed by atoms with Gasteiger partial charge in [-0.15, -0.1) is 0 Å². The maximum absolute atomic E-state index is 0. The summed E-state index contributed by atoms with van der Waals surface area (Å²) < 4.78 is 0. The molecule has 0 saturated heterocycles. The van der Waals surface area contributed by atoms with Crippen molar-refractivity contribution < 1.29 is 59.3 Å². The Morgan fingerprint density at radius 2 is 1.00 bits per heavy atom. The van der Waals surface area contributed by atoms with Gasteiger partial charge in [-0.25, -0.2) is 0 Å². The van der Waals surface area contributed by atoms with Crippen molar-refractivity contribution in [3.05, 3.63) is 0 Å². The zero-order chi connectivity index (χ0) is 0. The maximum atomic E-state index is 0. The standard InChI is InChI=1S/CH4.Mo.Ni.Ti/h1H4;;;. The van der Waals surface area contributed by atoms with Crippen molar-refractivity contribution in [2.24, 2.45) is 0 Å². The Labute approximate surface area is 66.2 Å². The Hall–Kier alpha value is 1.90. The van der Waals surface area contributed by atoms with E-state index in [9.17, 15) is 0 Å². The topological polar surface area (TPSA) is 0 Å². The van der Waals surface area contributed by atoms with Crippen LogP contribution in [0.15, 0.2) is 0 Å². The largest absolute Gasteiger partial charge is 0.0776 e. The molecule has 0 saturated carbocycles. The van der Waals surface area contributed by atoms with Crippen LogP contribution in [0.5, 0.6) is 0 Å². The van der Waals surface area contributed by atoms with Crippen molar-refractivity contribution in [2.75, 3.05) is 0 Å². The van der Waals surface area contributed by atoms with Crippen molar-refractivity contribution in [1.82, 2.24) is 0 Å². The Kier molecular flexibility index (Phi) is 203. The van der Waals surface area contributed by atoms with Crippen molar-refractivity contribution in [2.45, 2.75) is 7.43 Å². The molecule has 0 aromatic rings. The van der Waals surface area contributed by atoms with E-state index in [0.29, 0.717) is 0 Å². The predicted octanol–water partition coefficient (Wildman–Crippen LogP) is 0.629. The van der Waals surface area contributed by atoms with Gasteiger partial charge in [-0.05, 0) is 0 Å². The van der Waals surface area contributed by atoms with Gasteiger partial charge >= 0.3 is 0 Å². The van der Waals surface area contributed by atoms with E-state index >= 15 is 0 Å². The predicted molar refractivity (Wildman–Crippen MR) is 6.73 cm³/mol. The van der Waals surface area contributed by atoms with Crippen molar-refractivity contribution in [1.29, 1.82) is 0 Å². The van der Waals surface area contributed by atoms with Crippen molar-refractivity contribution in [3.63, 3.8) is 0 Å². The fourth-order valence-corrected chi connectivity index (χ4v) is 0. The average Bonchev–Trinajstić information content (AvgIpc) is 0. The van der Waals surface area contributed by atoms with Crippen LogP contribution in [0.3, 0.4) is 0 Å². The Balaban J connectivity index is 0. The van der Waals surface area contributed by atoms with Gasteiger partial charge in [0.05, 0.1) is 0 Å². The molecule has 0 bridgehead atoms. The summed E-state index contributed by atoms with van der Waals surface area (Å²) in [7, 11) is 0. The molecule has 0 aliphatic heterocycles. The van der Waals surface area contributed by atoms with E-state index < -0.39 is 0 Å². The first-order valence-electron chi connectivity index (χ1n) is 0. The van der Waals surface area contributed by atoms with Crippen LogP contribution in [-0.4, -0.2) is 0 Å². The summed E-state index contributed by atoms with van der Waals surface area (Å²) in [5.41, 5.74) is 0. The fraction of sp³-hybridized carbons (Fsp3) is 1.00. The van der Waals surface area contributed by atoms with Gasteiger partial charge in [-0.2, -0.15) is 0 Å². The molecule has 0 aliphatic rings. The van der Waals surface area contributed by atoms with Crippen LogP contribution in [0.4, 0.5) is 0 Å². The van der Waals surface area contributed by atoms with Crippen LogP contribution in [0, 0.1) is 0 Å². The second kappa shape index (κ2) is 20.7. The third-order valence-corrected chi connectivity index (χ3v) is 0. The summed E-state index contributed by atoms with van der Waals surface area (Å²) in [6.07, 6.45) is 0. The Morgan fingerprint density at radius 1 is 1.00 bits per heavy atom. The van der Waals surface area contributed by atoms with Crippen LogP contribution in [0.1, 0.15) is 7.43 Å². The Bertz CT molecular complexity index is 8.00. The van der Waals surface area contributed by atoms with E-state index in [1.54, 1.807) is 0 Å². The SMILES string of the molecule is C.[Mo].[Ni].[Ti]. The van der Waals surface area contributed by atoms with Gasteiger partial charge in [-0.1, -0.05) is 7.43 Å². The minimum absolute atomic E-state index is 0. The summed E-state index contributed by atoms with van der Waals surface area (Å²) >= 11 is 0. The number of rotatable bonds is 0. The van der Waals surface area contributed by atoms with Crippen LogP contribution in [0.2, 0.25) is 0 Å². The molecule has 28 valence electrons. The van der Waals surface area contributed by atoms with Gasteiger partial charge in [0.15, 0.2) is 0 Å². The van der Waals surface area contributed by atoms with Crippen LogP contribution in [0.25, 0.3) is 0 Å². The molecule has 4 heavy (non-hydrogen) atoms. The summed E-state index contributed by atoms with van der Waals surface area (Å²) in [6.45, 7) is 0. The molecule has 0 aromatic carbocycles. The molecule has 0 heterocycles. The molecule has 0 amide bonds. The van der Waals surface area contributed by atoms with E-state index in [0.717, 1.165) is 0 Å². The molecule has 0 unspecified atom stereocenters. The molecule has 0 nitrogen and oxygen atoms in total. The molecule has 0 atom stereocenters. The Morgan fingerprint density at radius 3 is 1.00 bits per heavy atom. The van der Waals surface area contributed by atoms with Gasteiger partial charge in [0, 0.05) is 59.3 Å². The van der Waals surface area contributed by atoms with Crippen LogP contribution >= 0.6 is 0 Å². The third kappa shape index (κ3) is 9.09. The zero-order valence-electron chi connectivity index (χ0n) is 1.22. The molecule has 0 N–H and O–H groups in total. The smallest absolute Gasteiger partial charge is 0 e. The first kappa shape index (κ1) is 39.3. The normalized spacial score (nSPS) is 0. The zero-order valence-corrected chi connectivity index (χ0v) is 5.78. The molecule has 3 heteroatoms. The second-order valence-corrected chi connectivity index (χ2v) is 0. The second-order valence-electron chi connectivity index (χ2n) is 0. The van der Waals surface area contributed by atoms with E-state index in [1.165, 1.54) is 0 Å². The van der Waals surface area contributed by atoms with Gasteiger partial charge in [0.25, 0.3) is 0 Å². The van der Waals surface area contributed by atoms with Crippen molar-refractivity contribution in [3.8, 4) is 0 Å². The molecule has 0 spiro atoms. The first-order chi connectivity index (χ1) is 0. The fourth-order valence-electron chi connectivity index (χ4n) is 0. The maximum Gasteiger partial charge on any atom is 0 e. The molecule has 0 fully saturated rings. The first-order valence-corrected chi connectivity index (χ1v) is 0. The van der Waals surface area contributed by atoms with E-state index in [2.05, 4.69) is 0 Å². The molecule has 0 radical (unpaired) electrons. The van der Waals surface area contributed by atoms with E-state index in [-0.39, 0.29) is 66.7 Å². The van der Waals surface area contributed by atoms with Gasteiger partial charge < -0.3 is 0 Å². The summed E-state index contributed by atoms with van der Waals surface area (Å²) in [5.74, 6) is 0. The molecule has 0 aliphatic carbocycles. The average molecular weight is 219 g/mol. The minimum atomic E-state index is 0. The summed E-state index contributed by atoms with van der Waals surface area (Å²) in [6, 6.07) is 0.